The van der Waals surface area contributed by atoms with Crippen molar-refractivity contribution in [2.75, 3.05) is 6.61 Å². The Morgan fingerprint density at radius 3 is 2.29 bits per heavy atom. The zero-order valence-corrected chi connectivity index (χ0v) is 19.7. The summed E-state index contributed by atoms with van der Waals surface area (Å²) in [6.07, 6.45) is 0.360. The fourth-order valence-electron chi connectivity index (χ4n) is 3.15. The predicted molar refractivity (Wildman–Crippen MR) is 127 cm³/mol. The van der Waals surface area contributed by atoms with Crippen LogP contribution < -0.4 is 10.1 Å². The van der Waals surface area contributed by atoms with E-state index in [1.165, 1.54) is 5.56 Å². The van der Waals surface area contributed by atoms with Crippen molar-refractivity contribution in [1.29, 1.82) is 0 Å². The van der Waals surface area contributed by atoms with E-state index >= 15 is 0 Å². The van der Waals surface area contributed by atoms with Crippen LogP contribution in [0.5, 0.6) is 5.75 Å². The smallest absolute Gasteiger partial charge is 0.408 e. The van der Waals surface area contributed by atoms with Gasteiger partial charge in [0, 0.05) is 10.9 Å². The summed E-state index contributed by atoms with van der Waals surface area (Å²) in [5.41, 5.74) is 2.55. The third-order valence-electron chi connectivity index (χ3n) is 4.56. The first-order valence-electron chi connectivity index (χ1n) is 10.3. The van der Waals surface area contributed by atoms with E-state index in [0.717, 1.165) is 27.8 Å². The second-order valence-corrected chi connectivity index (χ2v) is 9.20. The van der Waals surface area contributed by atoms with Crippen LogP contribution in [0.4, 0.5) is 4.79 Å². The summed E-state index contributed by atoms with van der Waals surface area (Å²) in [5.74, 6) is 0.765. The Labute approximate surface area is 192 Å². The number of amides is 1. The minimum atomic E-state index is -0.566. The van der Waals surface area contributed by atoms with Gasteiger partial charge in [0.25, 0.3) is 0 Å². The number of carbonyl (C=O) groups excluding carboxylic acids is 1. The number of nitrogens with one attached hydrogen (secondary N) is 1. The number of carbonyl (C=O) groups is 1. The quantitative estimate of drug-likeness (QED) is 0.409. The molecule has 1 amide bonds. The normalized spacial score (nSPS) is 12.1. The van der Waals surface area contributed by atoms with Crippen LogP contribution in [0.1, 0.15) is 43.5 Å². The Hall–Kier alpha value is -2.79. The van der Waals surface area contributed by atoms with Crippen molar-refractivity contribution in [2.45, 2.75) is 38.8 Å². The lowest BCUT2D eigenvalue weighted by molar-refractivity contribution is 0.0512. The summed E-state index contributed by atoms with van der Waals surface area (Å²) in [4.78, 5) is 12.5. The molecule has 0 saturated carbocycles. The van der Waals surface area contributed by atoms with Crippen LogP contribution in [0.3, 0.4) is 0 Å². The minimum Gasteiger partial charge on any atom is -0.493 e. The van der Waals surface area contributed by atoms with Gasteiger partial charge >= 0.3 is 6.09 Å². The summed E-state index contributed by atoms with van der Waals surface area (Å²) in [6.45, 7) is 6.12. The highest BCUT2D eigenvalue weighted by atomic mass is 79.9. The maximum atomic E-state index is 12.5. The monoisotopic (exact) mass is 481 g/mol. The first-order valence-corrected chi connectivity index (χ1v) is 11.1. The van der Waals surface area contributed by atoms with Crippen molar-refractivity contribution >= 4 is 22.0 Å². The van der Waals surface area contributed by atoms with Gasteiger partial charge in [0.05, 0.1) is 12.6 Å². The highest BCUT2D eigenvalue weighted by Gasteiger charge is 2.22. The molecule has 4 nitrogen and oxygen atoms in total. The molecule has 0 aliphatic rings. The highest BCUT2D eigenvalue weighted by molar-refractivity contribution is 9.10. The van der Waals surface area contributed by atoms with Crippen molar-refractivity contribution in [2.24, 2.45) is 0 Å². The second kappa shape index (κ2) is 10.5. The van der Waals surface area contributed by atoms with Crippen LogP contribution in [-0.4, -0.2) is 18.3 Å². The average molecular weight is 482 g/mol. The van der Waals surface area contributed by atoms with E-state index in [-0.39, 0.29) is 6.04 Å². The first kappa shape index (κ1) is 22.9. The summed E-state index contributed by atoms with van der Waals surface area (Å²) in [7, 11) is 0. The third-order valence-corrected chi connectivity index (χ3v) is 5.09. The maximum absolute atomic E-state index is 12.5. The lowest BCUT2D eigenvalue weighted by atomic mass is 9.98. The van der Waals surface area contributed by atoms with E-state index in [1.807, 2.05) is 87.5 Å². The highest BCUT2D eigenvalue weighted by Crippen LogP contribution is 2.26. The van der Waals surface area contributed by atoms with Gasteiger partial charge in [-0.25, -0.2) is 4.79 Å². The first-order chi connectivity index (χ1) is 14.8. The number of rotatable bonds is 7. The molecule has 1 unspecified atom stereocenters. The van der Waals surface area contributed by atoms with Crippen LogP contribution in [-0.2, 0) is 11.2 Å². The average Bonchev–Trinajstić information content (AvgIpc) is 2.73. The molecule has 1 N–H and O–H groups in total. The number of benzene rings is 3. The molecule has 0 aliphatic carbocycles. The van der Waals surface area contributed by atoms with E-state index in [4.69, 9.17) is 9.47 Å². The molecule has 3 aromatic carbocycles. The van der Waals surface area contributed by atoms with E-state index in [9.17, 15) is 4.79 Å². The van der Waals surface area contributed by atoms with Gasteiger partial charge in [-0.15, -0.1) is 0 Å². The number of alkyl carbamates (subject to hydrolysis) is 1. The molecule has 3 rings (SSSR count). The SMILES string of the molecule is CC(C)(C)OC(=O)NC(c1ccccc1)c1cccc(OCCc2ccc(Br)cc2)c1. The molecule has 0 radical (unpaired) electrons. The van der Waals surface area contributed by atoms with Gasteiger partial charge < -0.3 is 14.8 Å². The van der Waals surface area contributed by atoms with E-state index in [0.29, 0.717) is 6.61 Å². The lowest BCUT2D eigenvalue weighted by Crippen LogP contribution is -2.35. The second-order valence-electron chi connectivity index (χ2n) is 8.29. The zero-order chi connectivity index (χ0) is 22.3. The fraction of sp³-hybridized carbons (Fsp3) is 0.269. The maximum Gasteiger partial charge on any atom is 0.408 e. The molecule has 0 spiro atoms. The number of hydrogen-bond acceptors (Lipinski definition) is 3. The van der Waals surface area contributed by atoms with Crippen molar-refractivity contribution in [1.82, 2.24) is 5.32 Å². The summed E-state index contributed by atoms with van der Waals surface area (Å²) < 4.78 is 12.5. The molecule has 0 fully saturated rings. The van der Waals surface area contributed by atoms with Crippen molar-refractivity contribution in [3.8, 4) is 5.75 Å². The Bertz CT molecular complexity index is 982. The Morgan fingerprint density at radius 1 is 0.935 bits per heavy atom. The minimum absolute atomic E-state index is 0.342. The van der Waals surface area contributed by atoms with Gasteiger partial charge in [-0.2, -0.15) is 0 Å². The molecular weight excluding hydrogens is 454 g/mol. The van der Waals surface area contributed by atoms with Gasteiger partial charge in [0.15, 0.2) is 0 Å². The molecule has 0 bridgehead atoms. The molecule has 1 atom stereocenters. The molecule has 162 valence electrons. The van der Waals surface area contributed by atoms with Gasteiger partial charge in [-0.3, -0.25) is 0 Å². The van der Waals surface area contributed by atoms with Crippen molar-refractivity contribution < 1.29 is 14.3 Å². The number of halogens is 1. The fourth-order valence-corrected chi connectivity index (χ4v) is 3.42. The molecular formula is C26H28BrNO3. The van der Waals surface area contributed by atoms with Crippen LogP contribution in [0.15, 0.2) is 83.3 Å². The molecule has 0 saturated heterocycles. The lowest BCUT2D eigenvalue weighted by Gasteiger charge is -2.24. The van der Waals surface area contributed by atoms with Gasteiger partial charge in [-0.1, -0.05) is 70.5 Å². The van der Waals surface area contributed by atoms with Crippen LogP contribution in [0, 0.1) is 0 Å². The van der Waals surface area contributed by atoms with E-state index in [2.05, 4.69) is 33.4 Å². The van der Waals surface area contributed by atoms with E-state index < -0.39 is 11.7 Å². The van der Waals surface area contributed by atoms with E-state index in [1.54, 1.807) is 0 Å². The predicted octanol–water partition coefficient (Wildman–Crippen LogP) is 6.68. The molecule has 0 aromatic heterocycles. The van der Waals surface area contributed by atoms with Gasteiger partial charge in [0.2, 0.25) is 0 Å². The molecule has 31 heavy (non-hydrogen) atoms. The topological polar surface area (TPSA) is 47.6 Å². The van der Waals surface area contributed by atoms with Gasteiger partial charge in [0.1, 0.15) is 11.4 Å². The standard InChI is InChI=1S/C26H28BrNO3/c1-26(2,3)31-25(29)28-24(20-8-5-4-6-9-20)21-10-7-11-23(18-21)30-17-16-19-12-14-22(27)15-13-19/h4-15,18,24H,16-17H2,1-3H3,(H,28,29). The Morgan fingerprint density at radius 2 is 1.61 bits per heavy atom. The Kier molecular flexibility index (Phi) is 7.75. The number of hydrogen-bond donors (Lipinski definition) is 1. The third kappa shape index (κ3) is 7.44. The van der Waals surface area contributed by atoms with Crippen molar-refractivity contribution in [3.05, 3.63) is 100 Å². The largest absolute Gasteiger partial charge is 0.493 e. The molecule has 3 aromatic rings. The Balaban J connectivity index is 1.73. The summed E-state index contributed by atoms with van der Waals surface area (Å²) >= 11 is 3.45. The number of ether oxygens (including phenoxy) is 2. The van der Waals surface area contributed by atoms with Crippen LogP contribution >= 0.6 is 15.9 Å². The summed E-state index contributed by atoms with van der Waals surface area (Å²) in [6, 6.07) is 25.6. The zero-order valence-electron chi connectivity index (χ0n) is 18.1. The van der Waals surface area contributed by atoms with Crippen LogP contribution in [0.2, 0.25) is 0 Å². The summed E-state index contributed by atoms with van der Waals surface area (Å²) in [5, 5.41) is 3.00. The van der Waals surface area contributed by atoms with Crippen molar-refractivity contribution in [3.63, 3.8) is 0 Å². The molecule has 0 aliphatic heterocycles. The van der Waals surface area contributed by atoms with Crippen LogP contribution in [0.25, 0.3) is 0 Å². The molecule has 0 heterocycles. The molecule has 5 heteroatoms. The van der Waals surface area contributed by atoms with Gasteiger partial charge in [-0.05, 0) is 61.7 Å².